The third-order valence-corrected chi connectivity index (χ3v) is 4.06. The molecule has 1 aromatic heterocycles. The zero-order valence-electron chi connectivity index (χ0n) is 12.0. The molecule has 1 N–H and O–H groups in total. The Morgan fingerprint density at radius 3 is 2.95 bits per heavy atom. The minimum Gasteiger partial charge on any atom is -0.481 e. The van der Waals surface area contributed by atoms with Crippen LogP contribution in [0, 0.1) is 12.8 Å². The van der Waals surface area contributed by atoms with Crippen molar-refractivity contribution >= 4 is 5.97 Å². The molecule has 0 aliphatic carbocycles. The summed E-state index contributed by atoms with van der Waals surface area (Å²) in [4.78, 5) is 13.2. The van der Waals surface area contributed by atoms with E-state index in [0.29, 0.717) is 6.04 Å². The van der Waals surface area contributed by atoms with Gasteiger partial charge in [0, 0.05) is 37.8 Å². The van der Waals surface area contributed by atoms with E-state index in [0.717, 1.165) is 31.6 Å². The number of carboxylic acids is 1. The maximum atomic E-state index is 10.8. The Balaban J connectivity index is 2.04. The van der Waals surface area contributed by atoms with Crippen molar-refractivity contribution in [1.29, 1.82) is 0 Å². The molecule has 106 valence electrons. The fourth-order valence-electron chi connectivity index (χ4n) is 3.09. The van der Waals surface area contributed by atoms with Gasteiger partial charge in [-0.15, -0.1) is 0 Å². The fourth-order valence-corrected chi connectivity index (χ4v) is 3.09. The number of aliphatic carboxylic acids is 1. The van der Waals surface area contributed by atoms with Gasteiger partial charge in [0.1, 0.15) is 0 Å². The summed E-state index contributed by atoms with van der Waals surface area (Å²) in [6.45, 7) is 6.14. The SMILES string of the molecule is Cc1nn(C)cc1C(C)N1CCCC(CC(=O)O)C1. The summed E-state index contributed by atoms with van der Waals surface area (Å²) >= 11 is 0. The normalized spacial score (nSPS) is 22.4. The average molecular weight is 265 g/mol. The summed E-state index contributed by atoms with van der Waals surface area (Å²) in [6.07, 6.45) is 4.47. The largest absolute Gasteiger partial charge is 0.481 e. The Morgan fingerprint density at radius 1 is 1.63 bits per heavy atom. The van der Waals surface area contributed by atoms with E-state index >= 15 is 0 Å². The molecule has 5 nitrogen and oxygen atoms in total. The van der Waals surface area contributed by atoms with Crippen LogP contribution >= 0.6 is 0 Å². The highest BCUT2D eigenvalue weighted by atomic mass is 16.4. The summed E-state index contributed by atoms with van der Waals surface area (Å²) in [5.74, 6) is -0.400. The molecule has 0 amide bonds. The highest BCUT2D eigenvalue weighted by Crippen LogP contribution is 2.29. The standard InChI is InChI=1S/C14H23N3O2/c1-10-13(9-16(3)15-10)11(2)17-6-4-5-12(8-17)7-14(18)19/h9,11-12H,4-8H2,1-3H3,(H,18,19). The van der Waals surface area contributed by atoms with Crippen LogP contribution in [0.5, 0.6) is 0 Å². The van der Waals surface area contributed by atoms with E-state index < -0.39 is 5.97 Å². The molecule has 5 heteroatoms. The van der Waals surface area contributed by atoms with Crippen molar-refractivity contribution < 1.29 is 9.90 Å². The molecule has 0 radical (unpaired) electrons. The predicted molar refractivity (Wildman–Crippen MR) is 72.9 cm³/mol. The zero-order valence-corrected chi connectivity index (χ0v) is 12.0. The van der Waals surface area contributed by atoms with Crippen LogP contribution in [-0.4, -0.2) is 38.8 Å². The van der Waals surface area contributed by atoms with Crippen molar-refractivity contribution in [2.24, 2.45) is 13.0 Å². The lowest BCUT2D eigenvalue weighted by Gasteiger charge is -2.36. The monoisotopic (exact) mass is 265 g/mol. The molecule has 0 bridgehead atoms. The van der Waals surface area contributed by atoms with Crippen LogP contribution in [0.4, 0.5) is 0 Å². The van der Waals surface area contributed by atoms with Crippen LogP contribution in [0.2, 0.25) is 0 Å². The number of rotatable bonds is 4. The van der Waals surface area contributed by atoms with E-state index in [9.17, 15) is 4.79 Å². The second kappa shape index (κ2) is 5.74. The van der Waals surface area contributed by atoms with E-state index in [4.69, 9.17) is 5.11 Å². The Bertz CT molecular complexity index is 456. The van der Waals surface area contributed by atoms with E-state index in [1.807, 2.05) is 18.7 Å². The number of aromatic nitrogens is 2. The van der Waals surface area contributed by atoms with Gasteiger partial charge < -0.3 is 5.11 Å². The highest BCUT2D eigenvalue weighted by molar-refractivity contribution is 5.67. The number of nitrogens with zero attached hydrogens (tertiary/aromatic N) is 3. The van der Waals surface area contributed by atoms with E-state index in [-0.39, 0.29) is 12.3 Å². The van der Waals surface area contributed by atoms with Gasteiger partial charge in [0.2, 0.25) is 0 Å². The summed E-state index contributed by atoms with van der Waals surface area (Å²) in [6, 6.07) is 0.310. The summed E-state index contributed by atoms with van der Waals surface area (Å²) in [5, 5.41) is 13.3. The van der Waals surface area contributed by atoms with Crippen molar-refractivity contribution in [3.8, 4) is 0 Å². The third kappa shape index (κ3) is 3.35. The van der Waals surface area contributed by atoms with Gasteiger partial charge in [-0.2, -0.15) is 5.10 Å². The Kier molecular flexibility index (Phi) is 4.24. The molecule has 1 aromatic rings. The van der Waals surface area contributed by atoms with Crippen LogP contribution in [0.25, 0.3) is 0 Å². The number of hydrogen-bond donors (Lipinski definition) is 1. The molecular formula is C14H23N3O2. The van der Waals surface area contributed by atoms with Gasteiger partial charge in [-0.05, 0) is 39.2 Å². The van der Waals surface area contributed by atoms with Crippen LogP contribution in [0.15, 0.2) is 6.20 Å². The highest BCUT2D eigenvalue weighted by Gasteiger charge is 2.27. The lowest BCUT2D eigenvalue weighted by atomic mass is 9.93. The molecule has 2 atom stereocenters. The van der Waals surface area contributed by atoms with Crippen molar-refractivity contribution in [3.05, 3.63) is 17.5 Å². The third-order valence-electron chi connectivity index (χ3n) is 4.06. The summed E-state index contributed by atoms with van der Waals surface area (Å²) in [7, 11) is 1.94. The van der Waals surface area contributed by atoms with Crippen LogP contribution in [0.3, 0.4) is 0 Å². The number of carbonyl (C=O) groups is 1. The first kappa shape index (κ1) is 14.1. The Labute approximate surface area is 114 Å². The van der Waals surface area contributed by atoms with Crippen molar-refractivity contribution in [2.75, 3.05) is 13.1 Å². The minimum atomic E-state index is -0.683. The number of aryl methyl sites for hydroxylation is 2. The molecule has 1 aliphatic heterocycles. The average Bonchev–Trinajstić information content (AvgIpc) is 2.67. The number of hydrogen-bond acceptors (Lipinski definition) is 3. The van der Waals surface area contributed by atoms with Gasteiger partial charge in [-0.25, -0.2) is 0 Å². The first-order chi connectivity index (χ1) is 8.97. The van der Waals surface area contributed by atoms with Gasteiger partial charge in [-0.1, -0.05) is 0 Å². The number of likely N-dealkylation sites (tertiary alicyclic amines) is 1. The second-order valence-electron chi connectivity index (χ2n) is 5.62. The van der Waals surface area contributed by atoms with Gasteiger partial charge in [0.15, 0.2) is 0 Å². The molecule has 1 aliphatic rings. The second-order valence-corrected chi connectivity index (χ2v) is 5.62. The van der Waals surface area contributed by atoms with Gasteiger partial charge in [-0.3, -0.25) is 14.4 Å². The van der Waals surface area contributed by atoms with Crippen LogP contribution in [0.1, 0.15) is 43.5 Å². The number of piperidine rings is 1. The molecule has 0 spiro atoms. The van der Waals surface area contributed by atoms with Gasteiger partial charge >= 0.3 is 5.97 Å². The Hall–Kier alpha value is -1.36. The van der Waals surface area contributed by atoms with E-state index in [2.05, 4.69) is 23.1 Å². The van der Waals surface area contributed by atoms with E-state index in [1.54, 1.807) is 0 Å². The predicted octanol–water partition coefficient (Wildman–Crippen LogP) is 1.98. The van der Waals surface area contributed by atoms with Crippen LogP contribution < -0.4 is 0 Å². The van der Waals surface area contributed by atoms with Gasteiger partial charge in [0.05, 0.1) is 5.69 Å². The lowest BCUT2D eigenvalue weighted by Crippen LogP contribution is -2.38. The molecule has 19 heavy (non-hydrogen) atoms. The molecular weight excluding hydrogens is 242 g/mol. The minimum absolute atomic E-state index is 0.283. The molecule has 2 unspecified atom stereocenters. The molecule has 2 heterocycles. The lowest BCUT2D eigenvalue weighted by molar-refractivity contribution is -0.138. The van der Waals surface area contributed by atoms with Crippen molar-refractivity contribution in [3.63, 3.8) is 0 Å². The molecule has 0 aromatic carbocycles. The smallest absolute Gasteiger partial charge is 0.303 e. The molecule has 0 saturated carbocycles. The fraction of sp³-hybridized carbons (Fsp3) is 0.714. The zero-order chi connectivity index (χ0) is 14.0. The molecule has 1 saturated heterocycles. The molecule has 1 fully saturated rings. The van der Waals surface area contributed by atoms with E-state index in [1.165, 1.54) is 5.56 Å². The molecule has 2 rings (SSSR count). The summed E-state index contributed by atoms with van der Waals surface area (Å²) in [5.41, 5.74) is 2.31. The first-order valence-corrected chi connectivity index (χ1v) is 6.93. The first-order valence-electron chi connectivity index (χ1n) is 6.93. The van der Waals surface area contributed by atoms with Crippen molar-refractivity contribution in [2.45, 2.75) is 39.2 Å². The maximum absolute atomic E-state index is 10.8. The summed E-state index contributed by atoms with van der Waals surface area (Å²) < 4.78 is 1.85. The topological polar surface area (TPSA) is 58.4 Å². The van der Waals surface area contributed by atoms with Crippen LogP contribution in [-0.2, 0) is 11.8 Å². The quantitative estimate of drug-likeness (QED) is 0.904. The Morgan fingerprint density at radius 2 is 2.37 bits per heavy atom. The van der Waals surface area contributed by atoms with Crippen molar-refractivity contribution in [1.82, 2.24) is 14.7 Å². The maximum Gasteiger partial charge on any atom is 0.303 e. The number of carboxylic acid groups (broad SMARTS) is 1. The van der Waals surface area contributed by atoms with Gasteiger partial charge in [0.25, 0.3) is 0 Å².